The molecule has 0 aromatic heterocycles. The molecular weight excluding hydrogens is 298 g/mol. The Morgan fingerprint density at radius 2 is 1.88 bits per heavy atom. The lowest BCUT2D eigenvalue weighted by Gasteiger charge is -2.54. The van der Waals surface area contributed by atoms with Crippen LogP contribution in [0.25, 0.3) is 0 Å². The summed E-state index contributed by atoms with van der Waals surface area (Å²) < 4.78 is 0. The van der Waals surface area contributed by atoms with Gasteiger partial charge < -0.3 is 10.3 Å². The van der Waals surface area contributed by atoms with E-state index < -0.39 is 0 Å². The van der Waals surface area contributed by atoms with Gasteiger partial charge in [0, 0.05) is 5.92 Å². The summed E-state index contributed by atoms with van der Waals surface area (Å²) in [6.07, 6.45) is 12.3. The lowest BCUT2D eigenvalue weighted by Crippen LogP contribution is -2.46. The molecule has 4 aliphatic rings. The van der Waals surface area contributed by atoms with Crippen LogP contribution in [-0.2, 0) is 0 Å². The molecule has 132 valence electrons. The molecule has 0 radical (unpaired) electrons. The second-order valence-electron chi connectivity index (χ2n) is 9.19. The van der Waals surface area contributed by atoms with Gasteiger partial charge in [-0.1, -0.05) is 42.3 Å². The minimum atomic E-state index is -0.146. The average molecular weight is 329 g/mol. The summed E-state index contributed by atoms with van der Waals surface area (Å²) in [5.74, 6) is 1.69. The van der Waals surface area contributed by atoms with Crippen LogP contribution in [-0.4, -0.2) is 22.1 Å². The van der Waals surface area contributed by atoms with Crippen LogP contribution >= 0.6 is 0 Å². The van der Waals surface area contributed by atoms with E-state index in [1.54, 1.807) is 5.57 Å². The lowest BCUT2D eigenvalue weighted by atomic mass is 9.50. The van der Waals surface area contributed by atoms with Gasteiger partial charge in [0.2, 0.25) is 0 Å². The van der Waals surface area contributed by atoms with E-state index in [9.17, 15) is 10.3 Å². The summed E-state index contributed by atoms with van der Waals surface area (Å²) >= 11 is 0. The molecule has 0 heterocycles. The van der Waals surface area contributed by atoms with Crippen LogP contribution in [0.5, 0.6) is 0 Å². The van der Waals surface area contributed by atoms with Gasteiger partial charge in [-0.05, 0) is 74.5 Å². The standard InChI is InChI=1S/C21H31NO2/c1-13(22-24)17-6-7-18-16-5-4-14-12-15(23)8-10-20(14,2)19(16)9-11-21(17,18)3/h4-5,15,17-19,23-24H,6-12H2,1-3H3/t15?,17-,18+,19+,20+,21-/m1/s1. The zero-order chi connectivity index (χ0) is 17.1. The van der Waals surface area contributed by atoms with Crippen LogP contribution < -0.4 is 0 Å². The van der Waals surface area contributed by atoms with Gasteiger partial charge in [-0.15, -0.1) is 0 Å². The Morgan fingerprint density at radius 3 is 2.62 bits per heavy atom. The van der Waals surface area contributed by atoms with Gasteiger partial charge in [-0.2, -0.15) is 0 Å². The summed E-state index contributed by atoms with van der Waals surface area (Å²) in [6.45, 7) is 6.85. The normalized spacial score (nSPS) is 48.1. The molecule has 4 aliphatic carbocycles. The van der Waals surface area contributed by atoms with Crippen LogP contribution in [0, 0.1) is 28.6 Å². The summed E-state index contributed by atoms with van der Waals surface area (Å²) in [6, 6.07) is 0. The molecule has 3 heteroatoms. The van der Waals surface area contributed by atoms with Crippen molar-refractivity contribution in [1.82, 2.24) is 0 Å². The Kier molecular flexibility index (Phi) is 3.72. The highest BCUT2D eigenvalue weighted by Gasteiger charge is 2.56. The predicted molar refractivity (Wildman–Crippen MR) is 96.1 cm³/mol. The van der Waals surface area contributed by atoms with Gasteiger partial charge in [0.05, 0.1) is 11.8 Å². The monoisotopic (exact) mass is 329 g/mol. The van der Waals surface area contributed by atoms with Crippen molar-refractivity contribution in [1.29, 1.82) is 0 Å². The van der Waals surface area contributed by atoms with Crippen molar-refractivity contribution in [3.05, 3.63) is 23.3 Å². The molecule has 0 saturated heterocycles. The zero-order valence-electron chi connectivity index (χ0n) is 15.3. The molecule has 0 aliphatic heterocycles. The van der Waals surface area contributed by atoms with Gasteiger partial charge in [0.25, 0.3) is 0 Å². The maximum absolute atomic E-state index is 10.1. The van der Waals surface area contributed by atoms with Crippen molar-refractivity contribution in [2.45, 2.75) is 71.8 Å². The fraction of sp³-hybridized carbons (Fsp3) is 0.762. The summed E-state index contributed by atoms with van der Waals surface area (Å²) in [7, 11) is 0. The van der Waals surface area contributed by atoms with Crippen LogP contribution in [0.3, 0.4) is 0 Å². The first-order valence-electron chi connectivity index (χ1n) is 9.68. The predicted octanol–water partition coefficient (Wildman–Crippen LogP) is 4.70. The number of aliphatic hydroxyl groups is 1. The zero-order valence-corrected chi connectivity index (χ0v) is 15.3. The molecule has 6 atom stereocenters. The van der Waals surface area contributed by atoms with E-state index in [1.165, 1.54) is 24.8 Å². The Morgan fingerprint density at radius 1 is 1.08 bits per heavy atom. The van der Waals surface area contributed by atoms with E-state index in [4.69, 9.17) is 0 Å². The third-order valence-electron chi connectivity index (χ3n) is 8.21. The van der Waals surface area contributed by atoms with Crippen molar-refractivity contribution in [3.8, 4) is 0 Å². The van der Waals surface area contributed by atoms with Gasteiger partial charge in [-0.3, -0.25) is 0 Å². The first kappa shape index (κ1) is 16.4. The maximum atomic E-state index is 10.1. The third kappa shape index (κ3) is 2.09. The van der Waals surface area contributed by atoms with Crippen LogP contribution in [0.2, 0.25) is 0 Å². The van der Waals surface area contributed by atoms with Crippen molar-refractivity contribution in [3.63, 3.8) is 0 Å². The number of fused-ring (bicyclic) bond motifs is 5. The van der Waals surface area contributed by atoms with Crippen LogP contribution in [0.15, 0.2) is 28.5 Å². The van der Waals surface area contributed by atoms with Gasteiger partial charge in [0.15, 0.2) is 0 Å². The number of rotatable bonds is 1. The highest BCUT2D eigenvalue weighted by molar-refractivity contribution is 5.85. The van der Waals surface area contributed by atoms with Gasteiger partial charge in [-0.25, -0.2) is 0 Å². The topological polar surface area (TPSA) is 52.8 Å². The summed E-state index contributed by atoms with van der Waals surface area (Å²) in [5, 5.41) is 22.9. The highest BCUT2D eigenvalue weighted by atomic mass is 16.4. The van der Waals surface area contributed by atoms with E-state index in [2.05, 4.69) is 31.2 Å². The Hall–Kier alpha value is -1.09. The molecule has 24 heavy (non-hydrogen) atoms. The summed E-state index contributed by atoms with van der Waals surface area (Å²) in [4.78, 5) is 0. The van der Waals surface area contributed by atoms with Crippen molar-refractivity contribution < 1.29 is 10.3 Å². The molecule has 4 rings (SSSR count). The molecule has 3 saturated carbocycles. The van der Waals surface area contributed by atoms with Crippen LogP contribution in [0.4, 0.5) is 0 Å². The molecule has 2 N–H and O–H groups in total. The minimum absolute atomic E-state index is 0.146. The number of allylic oxidation sites excluding steroid dienone is 3. The highest BCUT2D eigenvalue weighted by Crippen LogP contribution is 2.65. The van der Waals surface area contributed by atoms with Crippen LogP contribution in [0.1, 0.15) is 65.7 Å². The second-order valence-corrected chi connectivity index (χ2v) is 9.19. The lowest BCUT2D eigenvalue weighted by molar-refractivity contribution is 0.0527. The van der Waals surface area contributed by atoms with E-state index >= 15 is 0 Å². The van der Waals surface area contributed by atoms with Gasteiger partial charge in [0.1, 0.15) is 0 Å². The third-order valence-corrected chi connectivity index (χ3v) is 8.21. The molecular formula is C21H31NO2. The average Bonchev–Trinajstić information content (AvgIpc) is 2.92. The van der Waals surface area contributed by atoms with E-state index in [1.807, 2.05) is 6.92 Å². The molecule has 0 aromatic carbocycles. The fourth-order valence-corrected chi connectivity index (χ4v) is 6.74. The molecule has 0 spiro atoms. The van der Waals surface area contributed by atoms with Crippen molar-refractivity contribution in [2.24, 2.45) is 33.7 Å². The molecule has 0 bridgehead atoms. The number of nitrogens with zero attached hydrogens (tertiary/aromatic N) is 1. The molecule has 0 amide bonds. The number of hydrogen-bond acceptors (Lipinski definition) is 3. The molecule has 1 unspecified atom stereocenters. The second kappa shape index (κ2) is 5.45. The van der Waals surface area contributed by atoms with E-state index in [-0.39, 0.29) is 16.9 Å². The SMILES string of the molecule is CC(=NO)[C@H]1CC[C@H]2C3=CC=C4CC(O)CC[C@]4(C)[C@H]3CC[C@]12C. The first-order chi connectivity index (χ1) is 11.4. The molecule has 3 nitrogen and oxygen atoms in total. The maximum Gasteiger partial charge on any atom is 0.0578 e. The largest absolute Gasteiger partial charge is 0.411 e. The Balaban J connectivity index is 1.71. The first-order valence-corrected chi connectivity index (χ1v) is 9.68. The van der Waals surface area contributed by atoms with Crippen molar-refractivity contribution in [2.75, 3.05) is 0 Å². The number of hydrogen-bond donors (Lipinski definition) is 2. The Bertz CT molecular complexity index is 634. The fourth-order valence-electron chi connectivity index (χ4n) is 6.74. The quantitative estimate of drug-likeness (QED) is 0.416. The smallest absolute Gasteiger partial charge is 0.0578 e. The molecule has 3 fully saturated rings. The van der Waals surface area contributed by atoms with Gasteiger partial charge >= 0.3 is 0 Å². The van der Waals surface area contributed by atoms with E-state index in [0.29, 0.717) is 17.8 Å². The minimum Gasteiger partial charge on any atom is -0.411 e. The van der Waals surface area contributed by atoms with E-state index in [0.717, 1.165) is 31.4 Å². The molecule has 0 aromatic rings. The van der Waals surface area contributed by atoms with Crippen molar-refractivity contribution >= 4 is 5.71 Å². The summed E-state index contributed by atoms with van der Waals surface area (Å²) in [5.41, 5.74) is 4.54. The number of oxime groups is 1. The number of aliphatic hydroxyl groups excluding tert-OH is 1. The Labute approximate surface area is 145 Å².